The average Bonchev–Trinajstić information content (AvgIpc) is 2.76. The number of carbonyl (C=O) groups excluding carboxylic acids is 1. The van der Waals surface area contributed by atoms with Crippen molar-refractivity contribution in [2.24, 2.45) is 5.92 Å². The summed E-state index contributed by atoms with van der Waals surface area (Å²) in [4.78, 5) is 15.4. The summed E-state index contributed by atoms with van der Waals surface area (Å²) in [6, 6.07) is 12.5. The molecule has 0 aromatic heterocycles. The predicted molar refractivity (Wildman–Crippen MR) is 117 cm³/mol. The average molecular weight is 392 g/mol. The fourth-order valence-electron chi connectivity index (χ4n) is 4.96. The van der Waals surface area contributed by atoms with E-state index < -0.39 is 0 Å². The quantitative estimate of drug-likeness (QED) is 0.719. The Hall–Kier alpha value is -2.75. The number of benzene rings is 2. The molecule has 0 spiro atoms. The van der Waals surface area contributed by atoms with Crippen LogP contribution in [0.2, 0.25) is 0 Å². The highest BCUT2D eigenvalue weighted by Gasteiger charge is 2.41. The number of anilines is 1. The van der Waals surface area contributed by atoms with E-state index in [2.05, 4.69) is 56.3 Å². The van der Waals surface area contributed by atoms with E-state index in [1.807, 2.05) is 12.1 Å². The summed E-state index contributed by atoms with van der Waals surface area (Å²) in [5, 5.41) is 0. The fraction of sp³-hybridized carbons (Fsp3) is 0.400. The first-order valence-corrected chi connectivity index (χ1v) is 10.2. The number of ether oxygens (including phenoxy) is 2. The molecule has 0 N–H and O–H groups in total. The minimum atomic E-state index is 0.144. The van der Waals surface area contributed by atoms with E-state index in [1.54, 1.807) is 14.2 Å². The number of Topliss-reactive ketones (excluding diaryl/α,β-unsaturated/α-hetero) is 1. The zero-order valence-electron chi connectivity index (χ0n) is 17.9. The molecule has 0 fully saturated rings. The monoisotopic (exact) mass is 391 g/mol. The molecule has 0 amide bonds. The van der Waals surface area contributed by atoms with Crippen molar-refractivity contribution in [2.75, 3.05) is 33.2 Å². The number of carbonyl (C=O) groups is 1. The van der Waals surface area contributed by atoms with Crippen molar-refractivity contribution in [3.63, 3.8) is 0 Å². The molecular weight excluding hydrogens is 362 g/mol. The summed E-state index contributed by atoms with van der Waals surface area (Å²) in [6.07, 6.45) is 4.06. The van der Waals surface area contributed by atoms with E-state index in [9.17, 15) is 4.79 Å². The van der Waals surface area contributed by atoms with Gasteiger partial charge < -0.3 is 14.4 Å². The summed E-state index contributed by atoms with van der Waals surface area (Å²) in [5.74, 6) is 2.34. The Bertz CT molecular complexity index is 959. The lowest BCUT2D eigenvalue weighted by atomic mass is 9.65. The molecule has 152 valence electrons. The molecule has 0 saturated carbocycles. The Labute approximate surface area is 173 Å². The molecule has 4 rings (SSSR count). The van der Waals surface area contributed by atoms with E-state index >= 15 is 0 Å². The fourth-order valence-corrected chi connectivity index (χ4v) is 4.96. The number of nitrogens with zero attached hydrogens (tertiary/aromatic N) is 1. The Morgan fingerprint density at radius 2 is 1.72 bits per heavy atom. The largest absolute Gasteiger partial charge is 0.493 e. The zero-order valence-corrected chi connectivity index (χ0v) is 17.9. The molecule has 0 bridgehead atoms. The first kappa shape index (κ1) is 19.6. The maximum Gasteiger partial charge on any atom is 0.189 e. The van der Waals surface area contributed by atoms with Crippen molar-refractivity contribution in [3.8, 4) is 11.5 Å². The Kier molecular flexibility index (Phi) is 5.12. The third-order valence-corrected chi connectivity index (χ3v) is 6.59. The topological polar surface area (TPSA) is 38.8 Å². The summed E-state index contributed by atoms with van der Waals surface area (Å²) in [5.41, 5.74) is 5.26. The van der Waals surface area contributed by atoms with E-state index in [-0.39, 0.29) is 17.6 Å². The van der Waals surface area contributed by atoms with Crippen molar-refractivity contribution in [1.29, 1.82) is 0 Å². The molecule has 3 atom stereocenters. The van der Waals surface area contributed by atoms with E-state index in [0.717, 1.165) is 29.5 Å². The van der Waals surface area contributed by atoms with Gasteiger partial charge in [0.25, 0.3) is 0 Å². The molecule has 0 unspecified atom stereocenters. The van der Waals surface area contributed by atoms with Crippen LogP contribution in [0, 0.1) is 5.92 Å². The molecule has 2 aromatic carbocycles. The van der Waals surface area contributed by atoms with Gasteiger partial charge in [-0.05, 0) is 66.0 Å². The number of hydrogen-bond acceptors (Lipinski definition) is 4. The Balaban J connectivity index is 1.70. The minimum absolute atomic E-state index is 0.144. The van der Waals surface area contributed by atoms with Gasteiger partial charge in [0.1, 0.15) is 0 Å². The highest BCUT2D eigenvalue weighted by atomic mass is 16.5. The first-order chi connectivity index (χ1) is 14.0. The first-order valence-electron chi connectivity index (χ1n) is 10.2. The smallest absolute Gasteiger partial charge is 0.189 e. The maximum atomic E-state index is 13.3. The highest BCUT2D eigenvalue weighted by Crippen LogP contribution is 2.51. The van der Waals surface area contributed by atoms with Crippen LogP contribution in [0.5, 0.6) is 11.5 Å². The van der Waals surface area contributed by atoms with Gasteiger partial charge in [0.15, 0.2) is 17.3 Å². The molecule has 2 aromatic rings. The molecule has 0 aliphatic heterocycles. The molecule has 2 aliphatic carbocycles. The van der Waals surface area contributed by atoms with Crippen LogP contribution < -0.4 is 14.4 Å². The number of methoxy groups -OCH3 is 2. The Morgan fingerprint density at radius 3 is 2.34 bits per heavy atom. The second kappa shape index (κ2) is 7.58. The molecule has 4 heteroatoms. The third kappa shape index (κ3) is 3.21. The second-order valence-electron chi connectivity index (χ2n) is 8.30. The van der Waals surface area contributed by atoms with Gasteiger partial charge >= 0.3 is 0 Å². The Morgan fingerprint density at radius 1 is 1.00 bits per heavy atom. The van der Waals surface area contributed by atoms with Gasteiger partial charge in [0.05, 0.1) is 14.2 Å². The molecule has 2 aliphatic rings. The van der Waals surface area contributed by atoms with Crippen LogP contribution in [-0.2, 0) is 0 Å². The zero-order chi connectivity index (χ0) is 20.7. The molecule has 4 nitrogen and oxygen atoms in total. The summed E-state index contributed by atoms with van der Waals surface area (Å²) in [7, 11) is 7.40. The van der Waals surface area contributed by atoms with Gasteiger partial charge in [0.2, 0.25) is 0 Å². The van der Waals surface area contributed by atoms with E-state index in [1.165, 1.54) is 11.3 Å². The molecule has 29 heavy (non-hydrogen) atoms. The van der Waals surface area contributed by atoms with Gasteiger partial charge in [-0.2, -0.15) is 0 Å². The summed E-state index contributed by atoms with van der Waals surface area (Å²) in [6.45, 7) is 2.21. The van der Waals surface area contributed by atoms with Gasteiger partial charge in [-0.3, -0.25) is 4.79 Å². The van der Waals surface area contributed by atoms with Crippen molar-refractivity contribution < 1.29 is 14.3 Å². The predicted octanol–water partition coefficient (Wildman–Crippen LogP) is 5.19. The van der Waals surface area contributed by atoms with Crippen LogP contribution in [0.15, 0.2) is 48.0 Å². The van der Waals surface area contributed by atoms with E-state index in [4.69, 9.17) is 9.47 Å². The second-order valence-corrected chi connectivity index (χ2v) is 8.30. The maximum absolute atomic E-state index is 13.3. The third-order valence-electron chi connectivity index (χ3n) is 6.59. The standard InChI is InChI=1S/C25H29NO3/c1-15-21-14-17(16-6-9-18(10-7-16)26(2)3)8-11-19(21)24(27)20-12-13-22(28-4)25(29-5)23(15)20/h6-7,9-13,15,17,21H,8,14H2,1-5H3/t15-,17+,21+/m1/s1. The van der Waals surface area contributed by atoms with Crippen LogP contribution >= 0.6 is 0 Å². The number of hydrogen-bond donors (Lipinski definition) is 0. The van der Waals surface area contributed by atoms with Gasteiger partial charge in [-0.1, -0.05) is 25.1 Å². The minimum Gasteiger partial charge on any atom is -0.493 e. The van der Waals surface area contributed by atoms with Crippen LogP contribution in [0.3, 0.4) is 0 Å². The molecule has 0 radical (unpaired) electrons. The summed E-state index contributed by atoms with van der Waals surface area (Å²) < 4.78 is 11.2. The van der Waals surface area contributed by atoms with Gasteiger partial charge in [0, 0.05) is 30.9 Å². The molecular formula is C25H29NO3. The van der Waals surface area contributed by atoms with Crippen LogP contribution in [-0.4, -0.2) is 34.1 Å². The lowest BCUT2D eigenvalue weighted by Gasteiger charge is -2.38. The van der Waals surface area contributed by atoms with Gasteiger partial charge in [-0.25, -0.2) is 0 Å². The number of allylic oxidation sites excluding steroid dienone is 2. The summed E-state index contributed by atoms with van der Waals surface area (Å²) >= 11 is 0. The van der Waals surface area contributed by atoms with Crippen LogP contribution in [0.4, 0.5) is 5.69 Å². The molecule has 0 heterocycles. The van der Waals surface area contributed by atoms with Crippen molar-refractivity contribution in [2.45, 2.75) is 31.6 Å². The van der Waals surface area contributed by atoms with Crippen molar-refractivity contribution >= 4 is 11.5 Å². The number of ketones is 1. The number of fused-ring (bicyclic) bond motifs is 2. The normalized spacial score (nSPS) is 23.0. The lowest BCUT2D eigenvalue weighted by molar-refractivity contribution is 0.0997. The molecule has 0 saturated heterocycles. The number of rotatable bonds is 4. The van der Waals surface area contributed by atoms with Crippen molar-refractivity contribution in [3.05, 3.63) is 64.7 Å². The van der Waals surface area contributed by atoms with Gasteiger partial charge in [-0.15, -0.1) is 0 Å². The highest BCUT2D eigenvalue weighted by molar-refractivity contribution is 6.12. The lowest BCUT2D eigenvalue weighted by Crippen LogP contribution is -2.31. The van der Waals surface area contributed by atoms with Crippen LogP contribution in [0.1, 0.15) is 53.1 Å². The van der Waals surface area contributed by atoms with Crippen molar-refractivity contribution in [1.82, 2.24) is 0 Å². The SMILES string of the molecule is COc1ccc2c(c1OC)[C@H](C)[C@@H]1C[C@@H](c3ccc(N(C)C)cc3)CC=C1C2=O. The van der Waals surface area contributed by atoms with E-state index in [0.29, 0.717) is 17.4 Å². The van der Waals surface area contributed by atoms with Crippen LogP contribution in [0.25, 0.3) is 0 Å².